The van der Waals surface area contributed by atoms with Crippen LogP contribution in [0.15, 0.2) is 0 Å². The van der Waals surface area contributed by atoms with Crippen LogP contribution in [-0.4, -0.2) is 89.8 Å². The molecule has 7 nitrogen and oxygen atoms in total. The lowest BCUT2D eigenvalue weighted by Crippen LogP contribution is -2.61. The van der Waals surface area contributed by atoms with Gasteiger partial charge in [0.1, 0.15) is 5.60 Å². The van der Waals surface area contributed by atoms with Crippen molar-refractivity contribution in [2.24, 2.45) is 0 Å². The Morgan fingerprint density at radius 2 is 1.81 bits per heavy atom. The van der Waals surface area contributed by atoms with Gasteiger partial charge in [-0.15, -0.1) is 0 Å². The first kappa shape index (κ1) is 20.4. The van der Waals surface area contributed by atoms with Crippen LogP contribution < -0.4 is 0 Å². The summed E-state index contributed by atoms with van der Waals surface area (Å²) in [6, 6.07) is 0.210. The molecule has 0 radical (unpaired) electrons. The Morgan fingerprint density at radius 1 is 1.19 bits per heavy atom. The van der Waals surface area contributed by atoms with Gasteiger partial charge in [0.15, 0.2) is 0 Å². The first-order chi connectivity index (χ1) is 12.8. The third kappa shape index (κ3) is 4.09. The highest BCUT2D eigenvalue weighted by molar-refractivity contribution is 5.85. The molecule has 2 amide bonds. The van der Waals surface area contributed by atoms with E-state index in [2.05, 4.69) is 18.7 Å². The van der Waals surface area contributed by atoms with E-state index >= 15 is 0 Å². The van der Waals surface area contributed by atoms with Crippen LogP contribution in [-0.2, 0) is 14.3 Å². The second-order valence-corrected chi connectivity index (χ2v) is 8.77. The fourth-order valence-electron chi connectivity index (χ4n) is 4.58. The summed E-state index contributed by atoms with van der Waals surface area (Å²) >= 11 is 0. The van der Waals surface area contributed by atoms with Crippen molar-refractivity contribution in [1.29, 1.82) is 0 Å². The van der Waals surface area contributed by atoms with Crippen LogP contribution in [0, 0.1) is 0 Å². The fraction of sp³-hybridized carbons (Fsp3) is 0.900. The summed E-state index contributed by atoms with van der Waals surface area (Å²) in [5.74, 6) is 0.166. The number of likely N-dealkylation sites (tertiary alicyclic amines) is 1. The van der Waals surface area contributed by atoms with Crippen molar-refractivity contribution >= 4 is 12.0 Å². The van der Waals surface area contributed by atoms with E-state index in [0.717, 1.165) is 38.8 Å². The summed E-state index contributed by atoms with van der Waals surface area (Å²) in [5.41, 5.74) is -0.943. The van der Waals surface area contributed by atoms with Gasteiger partial charge in [0.05, 0.1) is 25.3 Å². The predicted molar refractivity (Wildman–Crippen MR) is 103 cm³/mol. The molecule has 154 valence electrons. The minimum Gasteiger partial charge on any atom is -0.441 e. The highest BCUT2D eigenvalue weighted by atomic mass is 16.6. The van der Waals surface area contributed by atoms with Gasteiger partial charge in [-0.3, -0.25) is 9.69 Å². The van der Waals surface area contributed by atoms with Crippen molar-refractivity contribution in [1.82, 2.24) is 14.7 Å². The summed E-state index contributed by atoms with van der Waals surface area (Å²) in [6.07, 6.45) is 3.29. The number of hydrogen-bond acceptors (Lipinski definition) is 5. The monoisotopic (exact) mass is 381 g/mol. The molecule has 3 rings (SSSR count). The van der Waals surface area contributed by atoms with Crippen LogP contribution in [0.5, 0.6) is 0 Å². The van der Waals surface area contributed by atoms with Crippen LogP contribution in [0.3, 0.4) is 0 Å². The van der Waals surface area contributed by atoms with E-state index in [1.54, 1.807) is 0 Å². The van der Waals surface area contributed by atoms with Gasteiger partial charge in [-0.05, 0) is 27.2 Å². The van der Waals surface area contributed by atoms with Crippen molar-refractivity contribution in [3.63, 3.8) is 0 Å². The van der Waals surface area contributed by atoms with Crippen molar-refractivity contribution in [2.45, 2.75) is 70.6 Å². The Balaban J connectivity index is 1.58. The molecule has 0 aromatic heterocycles. The lowest BCUT2D eigenvalue weighted by molar-refractivity contribution is -0.148. The molecule has 3 aliphatic rings. The molecule has 0 aromatic rings. The minimum atomic E-state index is -0.525. The van der Waals surface area contributed by atoms with Crippen LogP contribution >= 0.6 is 0 Å². The van der Waals surface area contributed by atoms with Crippen LogP contribution in [0.2, 0.25) is 0 Å². The quantitative estimate of drug-likeness (QED) is 0.730. The molecule has 0 bridgehead atoms. The molecule has 1 atom stereocenters. The van der Waals surface area contributed by atoms with Crippen LogP contribution in [0.25, 0.3) is 0 Å². The van der Waals surface area contributed by atoms with Gasteiger partial charge >= 0.3 is 6.09 Å². The third-order valence-electron chi connectivity index (χ3n) is 6.52. The zero-order chi connectivity index (χ0) is 19.7. The zero-order valence-electron chi connectivity index (χ0n) is 17.3. The first-order valence-corrected chi connectivity index (χ1v) is 10.4. The highest BCUT2D eigenvalue weighted by Crippen LogP contribution is 2.35. The average Bonchev–Trinajstić information content (AvgIpc) is 2.98. The van der Waals surface area contributed by atoms with Gasteiger partial charge in [0.2, 0.25) is 5.91 Å². The summed E-state index contributed by atoms with van der Waals surface area (Å²) < 4.78 is 11.2. The second kappa shape index (κ2) is 7.95. The van der Waals surface area contributed by atoms with Crippen LogP contribution in [0.4, 0.5) is 4.79 Å². The zero-order valence-corrected chi connectivity index (χ0v) is 17.3. The van der Waals surface area contributed by atoms with Gasteiger partial charge in [-0.2, -0.15) is 0 Å². The molecule has 0 N–H and O–H groups in total. The number of rotatable bonds is 5. The number of nitrogens with zero attached hydrogens (tertiary/aromatic N) is 3. The molecule has 7 heteroatoms. The van der Waals surface area contributed by atoms with Gasteiger partial charge in [-0.25, -0.2) is 4.79 Å². The van der Waals surface area contributed by atoms with E-state index in [1.165, 1.54) is 0 Å². The average molecular weight is 382 g/mol. The number of amides is 2. The van der Waals surface area contributed by atoms with E-state index in [1.807, 2.05) is 23.6 Å². The Morgan fingerprint density at radius 3 is 2.41 bits per heavy atom. The first-order valence-electron chi connectivity index (χ1n) is 10.4. The van der Waals surface area contributed by atoms with Crippen molar-refractivity contribution in [2.75, 3.05) is 45.9 Å². The van der Waals surface area contributed by atoms with E-state index in [9.17, 15) is 9.59 Å². The maximum atomic E-state index is 13.2. The number of hydrogen-bond donors (Lipinski definition) is 0. The number of piperidine rings is 1. The molecule has 1 spiro atoms. The lowest BCUT2D eigenvalue weighted by atomic mass is 9.89. The Kier molecular flexibility index (Phi) is 6.01. The molecule has 27 heavy (non-hydrogen) atoms. The lowest BCUT2D eigenvalue weighted by Gasteiger charge is -2.45. The summed E-state index contributed by atoms with van der Waals surface area (Å²) in [7, 11) is 0. The SMILES string of the molecule is CCC[C@@H](C)N1CC2(CCN(C(=O)C(C)(C)N3CCOCC3)CC2)OC1=O. The molecular weight excluding hydrogens is 346 g/mol. The Labute approximate surface area is 162 Å². The smallest absolute Gasteiger partial charge is 0.410 e. The Hall–Kier alpha value is -1.34. The molecular formula is C20H35N3O4. The largest absolute Gasteiger partial charge is 0.441 e. The minimum absolute atomic E-state index is 0.166. The normalized spacial score (nSPS) is 25.0. The van der Waals surface area contributed by atoms with Gasteiger partial charge in [0, 0.05) is 45.1 Å². The predicted octanol–water partition coefficient (Wildman–Crippen LogP) is 2.10. The standard InChI is InChI=1S/C20H35N3O4/c1-5-6-16(2)23-15-20(27-18(23)25)7-9-21(10-8-20)17(24)19(3,4)22-11-13-26-14-12-22/h16H,5-15H2,1-4H3/t16-/m1/s1. The fourth-order valence-corrected chi connectivity index (χ4v) is 4.58. The molecule has 0 saturated carbocycles. The molecule has 3 heterocycles. The molecule has 3 aliphatic heterocycles. The number of carbonyl (C=O) groups is 2. The summed E-state index contributed by atoms with van der Waals surface area (Å²) in [6.45, 7) is 13.1. The molecule has 3 saturated heterocycles. The number of carbonyl (C=O) groups excluding carboxylic acids is 2. The molecule has 0 aromatic carbocycles. The van der Waals surface area contributed by atoms with E-state index in [4.69, 9.17) is 9.47 Å². The van der Waals surface area contributed by atoms with Crippen LogP contribution in [0.1, 0.15) is 53.4 Å². The number of ether oxygens (including phenoxy) is 2. The van der Waals surface area contributed by atoms with Crippen molar-refractivity contribution in [3.8, 4) is 0 Å². The third-order valence-corrected chi connectivity index (χ3v) is 6.52. The van der Waals surface area contributed by atoms with E-state index in [0.29, 0.717) is 32.8 Å². The molecule has 3 fully saturated rings. The second-order valence-electron chi connectivity index (χ2n) is 8.77. The van der Waals surface area contributed by atoms with Crippen molar-refractivity contribution < 1.29 is 19.1 Å². The summed E-state index contributed by atoms with van der Waals surface area (Å²) in [5, 5.41) is 0. The van der Waals surface area contributed by atoms with E-state index < -0.39 is 11.1 Å². The van der Waals surface area contributed by atoms with E-state index in [-0.39, 0.29) is 18.0 Å². The number of morpholine rings is 1. The van der Waals surface area contributed by atoms with Crippen molar-refractivity contribution in [3.05, 3.63) is 0 Å². The molecule has 0 aliphatic carbocycles. The highest BCUT2D eigenvalue weighted by Gasteiger charge is 2.50. The topological polar surface area (TPSA) is 62.3 Å². The molecule has 0 unspecified atom stereocenters. The maximum absolute atomic E-state index is 13.2. The van der Waals surface area contributed by atoms with Gasteiger partial charge < -0.3 is 19.3 Å². The maximum Gasteiger partial charge on any atom is 0.410 e. The Bertz CT molecular complexity index is 551. The van der Waals surface area contributed by atoms with Gasteiger partial charge in [-0.1, -0.05) is 13.3 Å². The van der Waals surface area contributed by atoms with Gasteiger partial charge in [0.25, 0.3) is 0 Å². The summed E-state index contributed by atoms with van der Waals surface area (Å²) in [4.78, 5) is 31.6.